The fourth-order valence-corrected chi connectivity index (χ4v) is 7.01. The number of carbonyl (C=O) groups is 11. The summed E-state index contributed by atoms with van der Waals surface area (Å²) >= 11 is 0. The molecule has 3 saturated heterocycles. The molecule has 0 radical (unpaired) electrons. The van der Waals surface area contributed by atoms with Crippen LogP contribution >= 0.6 is 0 Å². The minimum atomic E-state index is -2.06. The van der Waals surface area contributed by atoms with Gasteiger partial charge in [0.05, 0.1) is 0 Å². The SMILES string of the molecule is CC(=O)OC[C@H]1O[C@H](O[C@H]2[C@H](OC(C)=O)[C@@H](OC(C)=O)[C@@H](O[C@H]3[C@H](OC(C)=O)[C@@H](OC(C)=O)[C@@H](OC(C)=O)O[C@@H]3COC(C)=O)O[C@@H]2COC(C)=O)[C@H](OC(C)=O)[C@@H](OC(C)=O)[C@@H]1OC(C)=O. The second kappa shape index (κ2) is 25.2. The van der Waals surface area contributed by atoms with Gasteiger partial charge < -0.3 is 75.8 Å². The summed E-state index contributed by atoms with van der Waals surface area (Å²) in [5.74, 6) is -10.7. The molecular formula is C40H54O27. The lowest BCUT2D eigenvalue weighted by atomic mass is 9.95. The lowest BCUT2D eigenvalue weighted by molar-refractivity contribution is -0.378. The molecule has 0 amide bonds. The molecule has 0 unspecified atom stereocenters. The van der Waals surface area contributed by atoms with Crippen LogP contribution < -0.4 is 0 Å². The third-order valence-corrected chi connectivity index (χ3v) is 9.11. The highest BCUT2D eigenvalue weighted by atomic mass is 16.8. The zero-order chi connectivity index (χ0) is 50.4. The molecule has 3 heterocycles. The first kappa shape index (κ1) is 55.3. The van der Waals surface area contributed by atoms with Gasteiger partial charge in [0.25, 0.3) is 0 Å². The molecular weight excluding hydrogens is 912 g/mol. The highest BCUT2D eigenvalue weighted by Gasteiger charge is 2.60. The van der Waals surface area contributed by atoms with Crippen LogP contribution in [0.15, 0.2) is 0 Å². The van der Waals surface area contributed by atoms with E-state index in [9.17, 15) is 52.7 Å². The van der Waals surface area contributed by atoms with Crippen molar-refractivity contribution < 1.29 is 129 Å². The third kappa shape index (κ3) is 17.0. The lowest BCUT2D eigenvalue weighted by Gasteiger charge is -2.50. The maximum Gasteiger partial charge on any atom is 0.305 e. The standard InChI is InChI=1S/C40H54O27/c1-15(41)52-12-26-29(55-18(4)44)32(56-19(5)45)36(60-23(9)49)39(64-26)67-31-28(14-54-17(3)43)65-40(37(61-24(10)50)34(31)58-21(7)47)66-30-27(13-53-16(2)42)63-38(62-25(11)51)35(59-22(8)48)33(30)57-20(6)46/h26-40H,12-14H2,1-11H3/t26-,27-,28-,29-,30-,31-,32+,33+,34+,35-,36-,37-,38+,39-,40-/m1/s1. The Hall–Kier alpha value is -6.03. The van der Waals surface area contributed by atoms with E-state index in [1.165, 1.54) is 0 Å². The third-order valence-electron chi connectivity index (χ3n) is 9.11. The van der Waals surface area contributed by atoms with Gasteiger partial charge in [-0.2, -0.15) is 0 Å². The number of rotatable bonds is 18. The first-order valence-corrected chi connectivity index (χ1v) is 20.3. The molecule has 15 atom stereocenters. The minimum Gasteiger partial charge on any atom is -0.463 e. The Balaban J connectivity index is 2.31. The molecule has 0 spiro atoms. The Morgan fingerprint density at radius 3 is 0.776 bits per heavy atom. The van der Waals surface area contributed by atoms with E-state index in [2.05, 4.69) is 0 Å². The Morgan fingerprint density at radius 1 is 0.269 bits per heavy atom. The van der Waals surface area contributed by atoms with Gasteiger partial charge in [-0.05, 0) is 0 Å². The van der Waals surface area contributed by atoms with Crippen LogP contribution in [0.5, 0.6) is 0 Å². The highest BCUT2D eigenvalue weighted by molar-refractivity contribution is 5.70. The van der Waals surface area contributed by atoms with E-state index in [-0.39, 0.29) is 0 Å². The summed E-state index contributed by atoms with van der Waals surface area (Å²) in [4.78, 5) is 137. The molecule has 3 rings (SSSR count). The molecule has 3 aliphatic heterocycles. The molecule has 0 aliphatic carbocycles. The normalized spacial score (nSPS) is 31.2. The zero-order valence-electron chi connectivity index (χ0n) is 38.3. The number of hydrogen-bond donors (Lipinski definition) is 0. The Morgan fingerprint density at radius 2 is 0.493 bits per heavy atom. The van der Waals surface area contributed by atoms with Crippen molar-refractivity contribution in [2.45, 2.75) is 168 Å². The Bertz CT molecular complexity index is 1850. The molecule has 0 saturated carbocycles. The Labute approximate surface area is 382 Å². The predicted molar refractivity (Wildman–Crippen MR) is 206 cm³/mol. The van der Waals surface area contributed by atoms with Gasteiger partial charge in [-0.1, -0.05) is 0 Å². The molecule has 0 aromatic rings. The van der Waals surface area contributed by atoms with E-state index in [4.69, 9.17) is 75.8 Å². The zero-order valence-corrected chi connectivity index (χ0v) is 38.3. The van der Waals surface area contributed by atoms with Crippen molar-refractivity contribution in [1.29, 1.82) is 0 Å². The highest BCUT2D eigenvalue weighted by Crippen LogP contribution is 2.38. The van der Waals surface area contributed by atoms with Crippen LogP contribution in [0, 0.1) is 0 Å². The monoisotopic (exact) mass is 966 g/mol. The molecule has 0 aromatic heterocycles. The first-order valence-electron chi connectivity index (χ1n) is 20.3. The number of carbonyl (C=O) groups excluding carboxylic acids is 11. The smallest absolute Gasteiger partial charge is 0.305 e. The summed E-state index contributed by atoms with van der Waals surface area (Å²) in [6.07, 6.45) is -27.3. The largest absolute Gasteiger partial charge is 0.463 e. The summed E-state index contributed by atoms with van der Waals surface area (Å²) in [7, 11) is 0. The first-order chi connectivity index (χ1) is 31.3. The fourth-order valence-electron chi connectivity index (χ4n) is 7.01. The Kier molecular flexibility index (Phi) is 20.8. The summed E-state index contributed by atoms with van der Waals surface area (Å²) in [6, 6.07) is 0. The van der Waals surface area contributed by atoms with Crippen LogP contribution in [-0.2, 0) is 129 Å². The number of ether oxygens (including phenoxy) is 16. The maximum absolute atomic E-state index is 13.0. The van der Waals surface area contributed by atoms with Crippen molar-refractivity contribution in [3.63, 3.8) is 0 Å². The second-order valence-electron chi connectivity index (χ2n) is 14.9. The molecule has 0 aromatic carbocycles. The fraction of sp³-hybridized carbons (Fsp3) is 0.725. The number of hydrogen-bond acceptors (Lipinski definition) is 27. The van der Waals surface area contributed by atoms with Crippen molar-refractivity contribution in [2.24, 2.45) is 0 Å². The molecule has 376 valence electrons. The van der Waals surface area contributed by atoms with Crippen LogP contribution in [0.25, 0.3) is 0 Å². The van der Waals surface area contributed by atoms with Crippen LogP contribution in [-0.4, -0.2) is 178 Å². The maximum atomic E-state index is 13.0. The van der Waals surface area contributed by atoms with Gasteiger partial charge in [0.1, 0.15) is 50.3 Å². The van der Waals surface area contributed by atoms with Crippen LogP contribution in [0.3, 0.4) is 0 Å². The quantitative estimate of drug-likeness (QED) is 0.114. The van der Waals surface area contributed by atoms with E-state index in [0.717, 1.165) is 76.2 Å². The van der Waals surface area contributed by atoms with E-state index >= 15 is 0 Å². The lowest BCUT2D eigenvalue weighted by Crippen LogP contribution is -2.69. The van der Waals surface area contributed by atoms with Crippen LogP contribution in [0.2, 0.25) is 0 Å². The number of esters is 11. The molecule has 3 fully saturated rings. The van der Waals surface area contributed by atoms with Crippen molar-refractivity contribution in [2.75, 3.05) is 19.8 Å². The topological polar surface area (TPSA) is 335 Å². The predicted octanol–water partition coefficient (Wildman–Crippen LogP) is -1.29. The van der Waals surface area contributed by atoms with Gasteiger partial charge in [0.15, 0.2) is 49.2 Å². The van der Waals surface area contributed by atoms with Gasteiger partial charge in [-0.3, -0.25) is 52.7 Å². The van der Waals surface area contributed by atoms with Crippen molar-refractivity contribution >= 4 is 65.7 Å². The van der Waals surface area contributed by atoms with Gasteiger partial charge in [-0.25, -0.2) is 0 Å². The second-order valence-corrected chi connectivity index (χ2v) is 14.9. The minimum absolute atomic E-state index is 0.691. The average molecular weight is 967 g/mol. The summed E-state index contributed by atoms with van der Waals surface area (Å²) in [6.45, 7) is 8.53. The molecule has 27 heteroatoms. The van der Waals surface area contributed by atoms with E-state index in [1.807, 2.05) is 0 Å². The van der Waals surface area contributed by atoms with Crippen LogP contribution in [0.1, 0.15) is 76.2 Å². The van der Waals surface area contributed by atoms with Gasteiger partial charge in [0.2, 0.25) is 12.4 Å². The van der Waals surface area contributed by atoms with E-state index in [1.54, 1.807) is 0 Å². The van der Waals surface area contributed by atoms with Crippen molar-refractivity contribution in [3.05, 3.63) is 0 Å². The summed E-state index contributed by atoms with van der Waals surface area (Å²) in [5.41, 5.74) is 0. The average Bonchev–Trinajstić information content (AvgIpc) is 3.17. The van der Waals surface area contributed by atoms with E-state index < -0.39 is 178 Å². The van der Waals surface area contributed by atoms with Gasteiger partial charge in [-0.15, -0.1) is 0 Å². The molecule has 0 bridgehead atoms. The van der Waals surface area contributed by atoms with Crippen LogP contribution in [0.4, 0.5) is 0 Å². The summed E-state index contributed by atoms with van der Waals surface area (Å²) < 4.78 is 90.4. The molecule has 67 heavy (non-hydrogen) atoms. The molecule has 0 N–H and O–H groups in total. The van der Waals surface area contributed by atoms with Crippen molar-refractivity contribution in [3.8, 4) is 0 Å². The summed E-state index contributed by atoms with van der Waals surface area (Å²) in [5, 5.41) is 0. The molecule has 27 nitrogen and oxygen atoms in total. The van der Waals surface area contributed by atoms with Crippen molar-refractivity contribution in [1.82, 2.24) is 0 Å². The van der Waals surface area contributed by atoms with Gasteiger partial charge in [0, 0.05) is 76.2 Å². The van der Waals surface area contributed by atoms with E-state index in [0.29, 0.717) is 0 Å². The van der Waals surface area contributed by atoms with Gasteiger partial charge >= 0.3 is 65.7 Å². The molecule has 3 aliphatic rings.